The van der Waals surface area contributed by atoms with Gasteiger partial charge in [-0.1, -0.05) is 13.0 Å². The van der Waals surface area contributed by atoms with Gasteiger partial charge in [0.25, 0.3) is 0 Å². The average molecular weight is 230 g/mol. The van der Waals surface area contributed by atoms with Gasteiger partial charge < -0.3 is 9.73 Å². The van der Waals surface area contributed by atoms with E-state index in [1.54, 1.807) is 0 Å². The van der Waals surface area contributed by atoms with Crippen molar-refractivity contribution in [3.8, 4) is 0 Å². The minimum absolute atomic E-state index is 0.479. The first-order valence-electron chi connectivity index (χ1n) is 6.33. The van der Waals surface area contributed by atoms with Crippen molar-refractivity contribution in [2.45, 2.75) is 32.7 Å². The Balaban J connectivity index is 1.89. The number of nitrogens with zero attached hydrogens (tertiary/aromatic N) is 1. The molecule has 2 atom stereocenters. The summed E-state index contributed by atoms with van der Waals surface area (Å²) in [6.45, 7) is 5.30. The number of aromatic nitrogens is 1. The van der Waals surface area contributed by atoms with E-state index in [9.17, 15) is 0 Å². The molecule has 1 saturated heterocycles. The second-order valence-corrected chi connectivity index (χ2v) is 5.10. The average Bonchev–Trinajstić information content (AvgIpc) is 2.69. The standard InChI is InChI=1S/C14H18N2O/c1-9-3-5-12(15-8-9)11-4-6-14-13(7-11)16-10(2)17-14/h4,6-7,9,12,15H,3,5,8H2,1-2H3. The van der Waals surface area contributed by atoms with Crippen molar-refractivity contribution in [1.29, 1.82) is 0 Å². The van der Waals surface area contributed by atoms with Gasteiger partial charge in [-0.2, -0.15) is 0 Å². The largest absolute Gasteiger partial charge is 0.441 e. The first kappa shape index (κ1) is 10.8. The SMILES string of the molecule is Cc1nc2cc(C3CCC(C)CN3)ccc2o1. The molecule has 0 bridgehead atoms. The van der Waals surface area contributed by atoms with E-state index in [4.69, 9.17) is 4.42 Å². The first-order chi connectivity index (χ1) is 8.22. The summed E-state index contributed by atoms with van der Waals surface area (Å²) in [6, 6.07) is 6.82. The van der Waals surface area contributed by atoms with E-state index in [1.165, 1.54) is 18.4 Å². The molecule has 0 radical (unpaired) electrons. The van der Waals surface area contributed by atoms with E-state index >= 15 is 0 Å². The van der Waals surface area contributed by atoms with Crippen LogP contribution >= 0.6 is 0 Å². The van der Waals surface area contributed by atoms with Crippen LogP contribution in [0.4, 0.5) is 0 Å². The van der Waals surface area contributed by atoms with Gasteiger partial charge in [0.2, 0.25) is 0 Å². The second-order valence-electron chi connectivity index (χ2n) is 5.10. The molecule has 1 aliphatic heterocycles. The first-order valence-corrected chi connectivity index (χ1v) is 6.33. The highest BCUT2D eigenvalue weighted by atomic mass is 16.3. The van der Waals surface area contributed by atoms with Crippen LogP contribution < -0.4 is 5.32 Å². The quantitative estimate of drug-likeness (QED) is 0.817. The van der Waals surface area contributed by atoms with Gasteiger partial charge in [-0.05, 0) is 43.0 Å². The van der Waals surface area contributed by atoms with Crippen LogP contribution in [0.2, 0.25) is 0 Å². The third-order valence-corrected chi connectivity index (χ3v) is 3.58. The lowest BCUT2D eigenvalue weighted by Crippen LogP contribution is -2.31. The maximum Gasteiger partial charge on any atom is 0.192 e. The Bertz CT molecular complexity index is 524. The van der Waals surface area contributed by atoms with Gasteiger partial charge in [-0.3, -0.25) is 0 Å². The number of aryl methyl sites for hydroxylation is 1. The molecule has 0 amide bonds. The summed E-state index contributed by atoms with van der Waals surface area (Å²) in [7, 11) is 0. The Kier molecular flexibility index (Phi) is 2.63. The fourth-order valence-corrected chi connectivity index (χ4v) is 2.56. The third-order valence-electron chi connectivity index (χ3n) is 3.58. The van der Waals surface area contributed by atoms with Crippen molar-refractivity contribution in [1.82, 2.24) is 10.3 Å². The van der Waals surface area contributed by atoms with Gasteiger partial charge in [0, 0.05) is 13.0 Å². The molecular formula is C14H18N2O. The van der Waals surface area contributed by atoms with E-state index in [2.05, 4.69) is 29.4 Å². The zero-order valence-corrected chi connectivity index (χ0v) is 10.4. The Labute approximate surface area is 101 Å². The zero-order chi connectivity index (χ0) is 11.8. The molecule has 3 nitrogen and oxygen atoms in total. The Hall–Kier alpha value is -1.35. The lowest BCUT2D eigenvalue weighted by molar-refractivity contribution is 0.333. The Morgan fingerprint density at radius 3 is 3.00 bits per heavy atom. The van der Waals surface area contributed by atoms with Crippen LogP contribution in [0.5, 0.6) is 0 Å². The minimum atomic E-state index is 0.479. The van der Waals surface area contributed by atoms with Crippen LogP contribution in [0.25, 0.3) is 11.1 Å². The molecule has 0 aliphatic carbocycles. The summed E-state index contributed by atoms with van der Waals surface area (Å²) < 4.78 is 5.50. The number of nitrogens with one attached hydrogen (secondary N) is 1. The van der Waals surface area contributed by atoms with E-state index in [0.29, 0.717) is 6.04 Å². The monoisotopic (exact) mass is 230 g/mol. The summed E-state index contributed by atoms with van der Waals surface area (Å²) >= 11 is 0. The van der Waals surface area contributed by atoms with Crippen LogP contribution in [-0.2, 0) is 0 Å². The normalized spacial score (nSPS) is 25.3. The van der Waals surface area contributed by atoms with Gasteiger partial charge in [-0.25, -0.2) is 4.98 Å². The summed E-state index contributed by atoms with van der Waals surface area (Å²) in [5.74, 6) is 1.53. The number of oxazole rings is 1. The van der Waals surface area contributed by atoms with Crippen LogP contribution in [0, 0.1) is 12.8 Å². The second kappa shape index (κ2) is 4.15. The third kappa shape index (κ3) is 2.07. The highest BCUT2D eigenvalue weighted by Crippen LogP contribution is 2.27. The maximum atomic E-state index is 5.50. The molecule has 2 unspecified atom stereocenters. The number of hydrogen-bond acceptors (Lipinski definition) is 3. The van der Waals surface area contributed by atoms with E-state index in [0.717, 1.165) is 29.5 Å². The fraction of sp³-hybridized carbons (Fsp3) is 0.500. The van der Waals surface area contributed by atoms with Crippen molar-refractivity contribution in [3.63, 3.8) is 0 Å². The number of benzene rings is 1. The molecule has 3 heteroatoms. The maximum absolute atomic E-state index is 5.50. The lowest BCUT2D eigenvalue weighted by atomic mass is 9.92. The van der Waals surface area contributed by atoms with E-state index < -0.39 is 0 Å². The molecule has 17 heavy (non-hydrogen) atoms. The Morgan fingerprint density at radius 1 is 1.35 bits per heavy atom. The number of fused-ring (bicyclic) bond motifs is 1. The molecule has 0 saturated carbocycles. The van der Waals surface area contributed by atoms with Gasteiger partial charge >= 0.3 is 0 Å². The van der Waals surface area contributed by atoms with Gasteiger partial charge in [0.15, 0.2) is 11.5 Å². The van der Waals surface area contributed by atoms with Gasteiger partial charge in [-0.15, -0.1) is 0 Å². The van der Waals surface area contributed by atoms with Crippen LogP contribution in [0.15, 0.2) is 22.6 Å². The summed E-state index contributed by atoms with van der Waals surface area (Å²) in [4.78, 5) is 4.39. The molecule has 2 heterocycles. The summed E-state index contributed by atoms with van der Waals surface area (Å²) in [5, 5.41) is 3.60. The van der Waals surface area contributed by atoms with Crippen molar-refractivity contribution in [2.24, 2.45) is 5.92 Å². The van der Waals surface area contributed by atoms with E-state index in [1.807, 2.05) is 13.0 Å². The van der Waals surface area contributed by atoms with Crippen LogP contribution in [0.1, 0.15) is 37.3 Å². The van der Waals surface area contributed by atoms with E-state index in [-0.39, 0.29) is 0 Å². The molecule has 2 aromatic rings. The number of piperidine rings is 1. The predicted octanol–water partition coefficient (Wildman–Crippen LogP) is 3.20. The molecule has 1 N–H and O–H groups in total. The molecule has 1 aromatic carbocycles. The highest BCUT2D eigenvalue weighted by molar-refractivity contribution is 5.73. The molecule has 90 valence electrons. The minimum Gasteiger partial charge on any atom is -0.441 e. The fourth-order valence-electron chi connectivity index (χ4n) is 2.56. The van der Waals surface area contributed by atoms with Crippen molar-refractivity contribution >= 4 is 11.1 Å². The van der Waals surface area contributed by atoms with Crippen molar-refractivity contribution in [3.05, 3.63) is 29.7 Å². The predicted molar refractivity (Wildman–Crippen MR) is 67.9 cm³/mol. The van der Waals surface area contributed by atoms with Crippen molar-refractivity contribution in [2.75, 3.05) is 6.54 Å². The number of hydrogen-bond donors (Lipinski definition) is 1. The summed E-state index contributed by atoms with van der Waals surface area (Å²) in [6.07, 6.45) is 2.51. The Morgan fingerprint density at radius 2 is 2.24 bits per heavy atom. The highest BCUT2D eigenvalue weighted by Gasteiger charge is 2.19. The molecule has 1 fully saturated rings. The molecule has 1 aliphatic rings. The van der Waals surface area contributed by atoms with Crippen LogP contribution in [0.3, 0.4) is 0 Å². The lowest BCUT2D eigenvalue weighted by Gasteiger charge is -2.28. The smallest absolute Gasteiger partial charge is 0.192 e. The number of rotatable bonds is 1. The zero-order valence-electron chi connectivity index (χ0n) is 10.4. The molecule has 1 aromatic heterocycles. The summed E-state index contributed by atoms with van der Waals surface area (Å²) in [5.41, 5.74) is 3.19. The van der Waals surface area contributed by atoms with Gasteiger partial charge in [0.1, 0.15) is 5.52 Å². The molecular weight excluding hydrogens is 212 g/mol. The van der Waals surface area contributed by atoms with Crippen molar-refractivity contribution < 1.29 is 4.42 Å². The molecule has 3 rings (SSSR count). The molecule has 0 spiro atoms. The van der Waals surface area contributed by atoms with Crippen LogP contribution in [-0.4, -0.2) is 11.5 Å². The van der Waals surface area contributed by atoms with Gasteiger partial charge in [0.05, 0.1) is 0 Å². The topological polar surface area (TPSA) is 38.1 Å².